The van der Waals surface area contributed by atoms with Crippen LogP contribution in [0.15, 0.2) is 47.1 Å². The molecule has 0 saturated carbocycles. The highest BCUT2D eigenvalue weighted by atomic mass is 16.5. The number of amides is 2. The van der Waals surface area contributed by atoms with Gasteiger partial charge < -0.3 is 24.5 Å². The third-order valence-corrected chi connectivity index (χ3v) is 4.28. The van der Waals surface area contributed by atoms with Gasteiger partial charge >= 0.3 is 0 Å². The van der Waals surface area contributed by atoms with Crippen molar-refractivity contribution in [3.8, 4) is 0 Å². The third-order valence-electron chi connectivity index (χ3n) is 4.28. The van der Waals surface area contributed by atoms with E-state index < -0.39 is 11.9 Å². The Kier molecular flexibility index (Phi) is 9.40. The van der Waals surface area contributed by atoms with Gasteiger partial charge in [-0.1, -0.05) is 38.1 Å². The highest BCUT2D eigenvalue weighted by Crippen LogP contribution is 2.09. The zero-order valence-electron chi connectivity index (χ0n) is 17.3. The summed E-state index contributed by atoms with van der Waals surface area (Å²) in [5.41, 5.74) is 1.99. The smallest absolute Gasteiger partial charge is 0.287 e. The lowest BCUT2D eigenvalue weighted by Gasteiger charge is -2.21. The third kappa shape index (κ3) is 7.71. The van der Waals surface area contributed by atoms with Crippen molar-refractivity contribution >= 4 is 11.8 Å². The molecule has 0 fully saturated rings. The first-order chi connectivity index (χ1) is 14.0. The van der Waals surface area contributed by atoms with Crippen LogP contribution >= 0.6 is 0 Å². The van der Waals surface area contributed by atoms with Crippen LogP contribution in [0.3, 0.4) is 0 Å². The lowest BCUT2D eigenvalue weighted by atomic mass is 10.0. The number of carbonyl (C=O) groups excluding carboxylic acids is 2. The molecule has 0 spiro atoms. The molecule has 1 aromatic heterocycles. The Morgan fingerprint density at radius 1 is 1.07 bits per heavy atom. The van der Waals surface area contributed by atoms with Crippen molar-refractivity contribution in [2.24, 2.45) is 5.92 Å². The number of hydrogen-bond donors (Lipinski definition) is 2. The Hall–Kier alpha value is -2.64. The summed E-state index contributed by atoms with van der Waals surface area (Å²) in [5.74, 6) is -0.534. The van der Waals surface area contributed by atoms with Gasteiger partial charge in [0.15, 0.2) is 5.76 Å². The van der Waals surface area contributed by atoms with E-state index in [1.165, 1.54) is 6.26 Å². The van der Waals surface area contributed by atoms with Crippen molar-refractivity contribution in [3.63, 3.8) is 0 Å². The van der Waals surface area contributed by atoms with Crippen LogP contribution < -0.4 is 10.6 Å². The van der Waals surface area contributed by atoms with Crippen molar-refractivity contribution in [2.75, 3.05) is 19.8 Å². The molecule has 1 heterocycles. The van der Waals surface area contributed by atoms with E-state index in [1.54, 1.807) is 12.1 Å². The second-order valence-electron chi connectivity index (χ2n) is 6.96. The predicted molar refractivity (Wildman–Crippen MR) is 109 cm³/mol. The van der Waals surface area contributed by atoms with Gasteiger partial charge in [0.25, 0.3) is 5.91 Å². The zero-order valence-corrected chi connectivity index (χ0v) is 17.3. The lowest BCUT2D eigenvalue weighted by molar-refractivity contribution is -0.124. The maximum absolute atomic E-state index is 12.6. The van der Waals surface area contributed by atoms with Gasteiger partial charge in [0.05, 0.1) is 26.1 Å². The van der Waals surface area contributed by atoms with Gasteiger partial charge in [-0.3, -0.25) is 9.59 Å². The summed E-state index contributed by atoms with van der Waals surface area (Å²) >= 11 is 0. The second-order valence-corrected chi connectivity index (χ2v) is 6.96. The van der Waals surface area contributed by atoms with E-state index in [1.807, 2.05) is 45.0 Å². The molecule has 0 radical (unpaired) electrons. The van der Waals surface area contributed by atoms with Crippen LogP contribution in [0, 0.1) is 5.92 Å². The van der Waals surface area contributed by atoms with E-state index in [2.05, 4.69) is 10.6 Å². The minimum Gasteiger partial charge on any atom is -0.459 e. The molecule has 2 N–H and O–H groups in total. The molecule has 158 valence electrons. The summed E-state index contributed by atoms with van der Waals surface area (Å²) in [5, 5.41) is 5.63. The van der Waals surface area contributed by atoms with Gasteiger partial charge in [-0.15, -0.1) is 0 Å². The Labute approximate surface area is 171 Å². The highest BCUT2D eigenvalue weighted by molar-refractivity contribution is 5.95. The summed E-state index contributed by atoms with van der Waals surface area (Å²) in [4.78, 5) is 24.8. The van der Waals surface area contributed by atoms with Crippen LogP contribution in [-0.2, 0) is 27.4 Å². The molecule has 1 unspecified atom stereocenters. The van der Waals surface area contributed by atoms with Crippen LogP contribution in [0.4, 0.5) is 0 Å². The Balaban J connectivity index is 1.85. The number of carbonyl (C=O) groups is 2. The molecule has 29 heavy (non-hydrogen) atoms. The standard InChI is InChI=1S/C22H30N2O5/c1-4-27-11-12-28-15-18-8-5-7-17(13-18)14-23-22(26)20(16(2)3)24-21(25)19-9-6-10-29-19/h5-10,13,16,20H,4,11-12,14-15H2,1-3H3,(H,23,26)(H,24,25). The molecule has 0 aliphatic carbocycles. The fourth-order valence-electron chi connectivity index (χ4n) is 2.74. The summed E-state index contributed by atoms with van der Waals surface area (Å²) in [6.45, 7) is 8.36. The molecule has 2 rings (SSSR count). The molecule has 0 aliphatic rings. The topological polar surface area (TPSA) is 89.8 Å². The zero-order chi connectivity index (χ0) is 21.1. The van der Waals surface area contributed by atoms with E-state index in [4.69, 9.17) is 13.9 Å². The number of nitrogens with one attached hydrogen (secondary N) is 2. The summed E-state index contributed by atoms with van der Waals surface area (Å²) in [6, 6.07) is 10.4. The number of benzene rings is 1. The van der Waals surface area contributed by atoms with Crippen molar-refractivity contribution < 1.29 is 23.5 Å². The predicted octanol–water partition coefficient (Wildman–Crippen LogP) is 2.90. The monoisotopic (exact) mass is 402 g/mol. The lowest BCUT2D eigenvalue weighted by Crippen LogP contribution is -2.49. The van der Waals surface area contributed by atoms with Crippen LogP contribution in [0.25, 0.3) is 0 Å². The molecular formula is C22H30N2O5. The summed E-state index contributed by atoms with van der Waals surface area (Å²) in [7, 11) is 0. The minimum absolute atomic E-state index is 0.0704. The van der Waals surface area contributed by atoms with Crippen molar-refractivity contribution in [1.82, 2.24) is 10.6 Å². The van der Waals surface area contributed by atoms with Crippen LogP contribution in [-0.4, -0.2) is 37.7 Å². The van der Waals surface area contributed by atoms with Crippen molar-refractivity contribution in [1.29, 1.82) is 0 Å². The molecule has 0 bridgehead atoms. The van der Waals surface area contributed by atoms with E-state index >= 15 is 0 Å². The average Bonchev–Trinajstić information content (AvgIpc) is 3.25. The van der Waals surface area contributed by atoms with Gasteiger partial charge in [-0.2, -0.15) is 0 Å². The molecule has 7 nitrogen and oxygen atoms in total. The SMILES string of the molecule is CCOCCOCc1cccc(CNC(=O)C(NC(=O)c2ccco2)C(C)C)c1. The Morgan fingerprint density at radius 2 is 1.83 bits per heavy atom. The fraction of sp³-hybridized carbons (Fsp3) is 0.455. The van der Waals surface area contributed by atoms with Gasteiger partial charge in [0.1, 0.15) is 6.04 Å². The molecule has 0 saturated heterocycles. The van der Waals surface area contributed by atoms with Gasteiger partial charge in [0, 0.05) is 13.2 Å². The molecule has 7 heteroatoms. The minimum atomic E-state index is -0.655. The first kappa shape index (κ1) is 22.6. The normalized spacial score (nSPS) is 12.0. The summed E-state index contributed by atoms with van der Waals surface area (Å²) < 4.78 is 15.9. The molecule has 1 aromatic carbocycles. The van der Waals surface area contributed by atoms with E-state index in [0.717, 1.165) is 11.1 Å². The largest absolute Gasteiger partial charge is 0.459 e. The van der Waals surface area contributed by atoms with E-state index in [-0.39, 0.29) is 17.6 Å². The molecule has 0 aliphatic heterocycles. The Morgan fingerprint density at radius 3 is 2.52 bits per heavy atom. The quantitative estimate of drug-likeness (QED) is 0.533. The van der Waals surface area contributed by atoms with Gasteiger partial charge in [-0.05, 0) is 36.1 Å². The maximum Gasteiger partial charge on any atom is 0.287 e. The number of hydrogen-bond acceptors (Lipinski definition) is 5. The van der Waals surface area contributed by atoms with Crippen molar-refractivity contribution in [3.05, 3.63) is 59.5 Å². The maximum atomic E-state index is 12.6. The summed E-state index contributed by atoms with van der Waals surface area (Å²) in [6.07, 6.45) is 1.42. The number of rotatable bonds is 12. The van der Waals surface area contributed by atoms with Crippen molar-refractivity contribution in [2.45, 2.75) is 40.0 Å². The molecule has 2 amide bonds. The average molecular weight is 402 g/mol. The van der Waals surface area contributed by atoms with E-state index in [0.29, 0.717) is 33.0 Å². The second kappa shape index (κ2) is 12.0. The van der Waals surface area contributed by atoms with Crippen LogP contribution in [0.2, 0.25) is 0 Å². The number of furan rings is 1. The molecule has 1 atom stereocenters. The fourth-order valence-corrected chi connectivity index (χ4v) is 2.74. The van der Waals surface area contributed by atoms with Crippen LogP contribution in [0.1, 0.15) is 42.5 Å². The first-order valence-corrected chi connectivity index (χ1v) is 9.86. The van der Waals surface area contributed by atoms with Gasteiger partial charge in [-0.25, -0.2) is 0 Å². The highest BCUT2D eigenvalue weighted by Gasteiger charge is 2.25. The Bertz CT molecular complexity index is 758. The molecule has 2 aromatic rings. The number of ether oxygens (including phenoxy) is 2. The van der Waals surface area contributed by atoms with E-state index in [9.17, 15) is 9.59 Å². The van der Waals surface area contributed by atoms with Crippen LogP contribution in [0.5, 0.6) is 0 Å². The van der Waals surface area contributed by atoms with Gasteiger partial charge in [0.2, 0.25) is 5.91 Å². The molecular weight excluding hydrogens is 372 g/mol. The first-order valence-electron chi connectivity index (χ1n) is 9.86.